The van der Waals surface area contributed by atoms with Crippen molar-refractivity contribution in [3.63, 3.8) is 0 Å². The molecule has 5 nitrogen and oxygen atoms in total. The number of morpholine rings is 2. The average molecular weight is 378 g/mol. The van der Waals surface area contributed by atoms with E-state index in [1.54, 1.807) is 0 Å². The second kappa shape index (κ2) is 8.24. The van der Waals surface area contributed by atoms with Crippen LogP contribution in [0.3, 0.4) is 0 Å². The second-order valence-electron chi connectivity index (χ2n) is 7.12. The molecule has 1 N–H and O–H groups in total. The molecule has 2 aliphatic heterocycles. The van der Waals surface area contributed by atoms with Gasteiger partial charge in [0, 0.05) is 48.7 Å². The predicted molar refractivity (Wildman–Crippen MR) is 111 cm³/mol. The highest BCUT2D eigenvalue weighted by Crippen LogP contribution is 2.36. The van der Waals surface area contributed by atoms with Crippen LogP contribution in [0.2, 0.25) is 0 Å². The van der Waals surface area contributed by atoms with Crippen molar-refractivity contribution in [3.8, 4) is 12.3 Å². The summed E-state index contributed by atoms with van der Waals surface area (Å²) < 4.78 is 10.9. The Kier molecular flexibility index (Phi) is 5.54. The first kappa shape index (κ1) is 18.8. The van der Waals surface area contributed by atoms with Gasteiger partial charge in [0.15, 0.2) is 5.60 Å². The van der Waals surface area contributed by atoms with E-state index in [9.17, 15) is 5.11 Å². The van der Waals surface area contributed by atoms with Crippen LogP contribution in [0.1, 0.15) is 11.1 Å². The molecule has 146 valence electrons. The summed E-state index contributed by atoms with van der Waals surface area (Å²) >= 11 is 0. The maximum atomic E-state index is 11.5. The Morgan fingerprint density at radius 2 is 1.39 bits per heavy atom. The van der Waals surface area contributed by atoms with E-state index in [1.807, 2.05) is 48.5 Å². The molecule has 0 spiro atoms. The molecular formula is C23H26N2O3. The molecule has 2 saturated heterocycles. The summed E-state index contributed by atoms with van der Waals surface area (Å²) in [5.74, 6) is 2.65. The topological polar surface area (TPSA) is 45.2 Å². The van der Waals surface area contributed by atoms with Gasteiger partial charge in [-0.3, -0.25) is 0 Å². The van der Waals surface area contributed by atoms with Gasteiger partial charge >= 0.3 is 0 Å². The third kappa shape index (κ3) is 3.59. The number of nitrogens with zero attached hydrogens (tertiary/aromatic N) is 2. The highest BCUT2D eigenvalue weighted by atomic mass is 16.5. The van der Waals surface area contributed by atoms with Crippen LogP contribution in [0, 0.1) is 12.3 Å². The quantitative estimate of drug-likeness (QED) is 0.827. The van der Waals surface area contributed by atoms with Crippen LogP contribution in [-0.2, 0) is 15.1 Å². The second-order valence-corrected chi connectivity index (χ2v) is 7.12. The molecule has 0 radical (unpaired) electrons. The van der Waals surface area contributed by atoms with Crippen LogP contribution in [0.15, 0.2) is 48.5 Å². The van der Waals surface area contributed by atoms with Gasteiger partial charge in [0.05, 0.1) is 26.4 Å². The molecular weight excluding hydrogens is 352 g/mol. The fourth-order valence-electron chi connectivity index (χ4n) is 3.91. The summed E-state index contributed by atoms with van der Waals surface area (Å²) in [6, 6.07) is 15.8. The molecule has 5 heteroatoms. The number of para-hydroxylation sites is 1. The minimum Gasteiger partial charge on any atom is -0.378 e. The summed E-state index contributed by atoms with van der Waals surface area (Å²) in [4.78, 5) is 4.51. The van der Waals surface area contributed by atoms with Crippen molar-refractivity contribution in [1.29, 1.82) is 0 Å². The van der Waals surface area contributed by atoms with Crippen LogP contribution < -0.4 is 9.80 Å². The maximum absolute atomic E-state index is 11.5. The van der Waals surface area contributed by atoms with Crippen molar-refractivity contribution in [3.05, 3.63) is 59.7 Å². The Labute approximate surface area is 166 Å². The fourth-order valence-corrected chi connectivity index (χ4v) is 3.91. The zero-order chi connectivity index (χ0) is 19.4. The number of rotatable bonds is 4. The molecule has 0 aliphatic carbocycles. The highest BCUT2D eigenvalue weighted by molar-refractivity contribution is 5.62. The van der Waals surface area contributed by atoms with E-state index in [0.29, 0.717) is 18.8 Å². The third-order valence-electron chi connectivity index (χ3n) is 5.52. The van der Waals surface area contributed by atoms with E-state index in [2.05, 4.69) is 15.7 Å². The lowest BCUT2D eigenvalue weighted by atomic mass is 9.85. The number of hydrogen-bond donors (Lipinski definition) is 1. The molecule has 0 amide bonds. The lowest BCUT2D eigenvalue weighted by Crippen LogP contribution is -2.38. The van der Waals surface area contributed by atoms with Gasteiger partial charge in [-0.25, -0.2) is 0 Å². The Bertz CT molecular complexity index is 834. The Morgan fingerprint density at radius 1 is 0.821 bits per heavy atom. The van der Waals surface area contributed by atoms with E-state index < -0.39 is 5.60 Å². The Morgan fingerprint density at radius 3 is 2.00 bits per heavy atom. The maximum Gasteiger partial charge on any atom is 0.178 e. The first-order chi connectivity index (χ1) is 13.7. The number of aliphatic hydroxyl groups is 1. The first-order valence-corrected chi connectivity index (χ1v) is 9.78. The minimum absolute atomic E-state index is 0.678. The number of benzene rings is 2. The van der Waals surface area contributed by atoms with Gasteiger partial charge in [-0.1, -0.05) is 36.3 Å². The van der Waals surface area contributed by atoms with E-state index in [0.717, 1.165) is 56.3 Å². The van der Waals surface area contributed by atoms with E-state index in [4.69, 9.17) is 15.9 Å². The van der Waals surface area contributed by atoms with Crippen molar-refractivity contribution in [1.82, 2.24) is 0 Å². The molecule has 0 unspecified atom stereocenters. The van der Waals surface area contributed by atoms with Crippen molar-refractivity contribution < 1.29 is 14.6 Å². The van der Waals surface area contributed by atoms with Gasteiger partial charge in [-0.2, -0.15) is 0 Å². The van der Waals surface area contributed by atoms with Crippen LogP contribution in [0.4, 0.5) is 11.4 Å². The highest BCUT2D eigenvalue weighted by Gasteiger charge is 2.33. The van der Waals surface area contributed by atoms with Crippen LogP contribution >= 0.6 is 0 Å². The molecule has 2 aromatic rings. The summed E-state index contributed by atoms with van der Waals surface area (Å²) in [5, 5.41) is 11.5. The van der Waals surface area contributed by atoms with Gasteiger partial charge in [0.2, 0.25) is 0 Å². The van der Waals surface area contributed by atoms with Crippen molar-refractivity contribution in [2.75, 3.05) is 62.4 Å². The van der Waals surface area contributed by atoms with Gasteiger partial charge in [0.1, 0.15) is 0 Å². The SMILES string of the molecule is C#C[C@](O)(c1ccc(N2CCOCC2)cc1)c1ccccc1N1CCOCC1. The summed E-state index contributed by atoms with van der Waals surface area (Å²) in [7, 11) is 0. The largest absolute Gasteiger partial charge is 0.378 e. The van der Waals surface area contributed by atoms with Gasteiger partial charge in [0.25, 0.3) is 0 Å². The zero-order valence-electron chi connectivity index (χ0n) is 16.0. The number of hydrogen-bond acceptors (Lipinski definition) is 5. The van der Waals surface area contributed by atoms with Crippen molar-refractivity contribution in [2.45, 2.75) is 5.60 Å². The summed E-state index contributed by atoms with van der Waals surface area (Å²) in [6.07, 6.45) is 5.88. The molecule has 28 heavy (non-hydrogen) atoms. The average Bonchev–Trinajstić information content (AvgIpc) is 2.80. The molecule has 4 rings (SSSR count). The molecule has 2 aromatic carbocycles. The monoisotopic (exact) mass is 378 g/mol. The summed E-state index contributed by atoms with van der Waals surface area (Å²) in [6.45, 7) is 6.15. The molecule has 0 bridgehead atoms. The lowest BCUT2D eigenvalue weighted by molar-refractivity contribution is 0.121. The summed E-state index contributed by atoms with van der Waals surface area (Å²) in [5.41, 5.74) is 2.03. The van der Waals surface area contributed by atoms with E-state index >= 15 is 0 Å². The van der Waals surface area contributed by atoms with Gasteiger partial charge in [-0.05, 0) is 18.2 Å². The van der Waals surface area contributed by atoms with Crippen molar-refractivity contribution in [2.24, 2.45) is 0 Å². The fraction of sp³-hybridized carbons (Fsp3) is 0.391. The van der Waals surface area contributed by atoms with Crippen LogP contribution in [-0.4, -0.2) is 57.7 Å². The van der Waals surface area contributed by atoms with E-state index in [1.165, 1.54) is 0 Å². The smallest absolute Gasteiger partial charge is 0.178 e. The molecule has 2 heterocycles. The normalized spacial score (nSPS) is 19.7. The van der Waals surface area contributed by atoms with Gasteiger partial charge < -0.3 is 24.4 Å². The lowest BCUT2D eigenvalue weighted by Gasteiger charge is -2.34. The standard InChI is InChI=1S/C23H26N2O3/c1-2-23(26,19-7-9-20(10-8-19)24-11-15-27-16-12-24)21-5-3-4-6-22(21)25-13-17-28-18-14-25/h1,3-10,26H,11-18H2/t23-/m0/s1. The first-order valence-electron chi connectivity index (χ1n) is 9.78. The Balaban J connectivity index is 1.66. The molecule has 0 aromatic heterocycles. The minimum atomic E-state index is -1.49. The molecule has 2 aliphatic rings. The molecule has 0 saturated carbocycles. The zero-order valence-corrected chi connectivity index (χ0v) is 16.0. The van der Waals surface area contributed by atoms with Crippen molar-refractivity contribution >= 4 is 11.4 Å². The molecule has 1 atom stereocenters. The van der Waals surface area contributed by atoms with Gasteiger partial charge in [-0.15, -0.1) is 6.42 Å². The number of terminal acetylenes is 1. The predicted octanol–water partition coefficient (Wildman–Crippen LogP) is 2.23. The van der Waals surface area contributed by atoms with Crippen LogP contribution in [0.25, 0.3) is 0 Å². The van der Waals surface area contributed by atoms with E-state index in [-0.39, 0.29) is 0 Å². The third-order valence-corrected chi connectivity index (χ3v) is 5.52. The number of anilines is 2. The Hall–Kier alpha value is -2.52. The molecule has 2 fully saturated rings. The number of ether oxygens (including phenoxy) is 2. The van der Waals surface area contributed by atoms with Crippen LogP contribution in [0.5, 0.6) is 0 Å².